The molecule has 1 fully saturated rings. The van der Waals surface area contributed by atoms with E-state index in [1.807, 2.05) is 6.20 Å². The maximum atomic E-state index is 4.47. The first-order valence-corrected chi connectivity index (χ1v) is 7.20. The molecule has 0 amide bonds. The monoisotopic (exact) mass is 238 g/mol. The van der Waals surface area contributed by atoms with Crippen molar-refractivity contribution in [3.05, 3.63) is 16.6 Å². The first-order valence-electron chi connectivity index (χ1n) is 6.32. The average Bonchev–Trinajstić information content (AvgIpc) is 2.89. The zero-order valence-electron chi connectivity index (χ0n) is 10.4. The van der Waals surface area contributed by atoms with Gasteiger partial charge in [-0.3, -0.25) is 0 Å². The van der Waals surface area contributed by atoms with Gasteiger partial charge in [0.05, 0.1) is 6.04 Å². The van der Waals surface area contributed by atoms with E-state index in [4.69, 9.17) is 0 Å². The predicted octanol–water partition coefficient (Wildman–Crippen LogP) is 3.62. The molecule has 16 heavy (non-hydrogen) atoms. The molecule has 0 aromatic carbocycles. The van der Waals surface area contributed by atoms with Crippen LogP contribution in [-0.4, -0.2) is 11.0 Å². The van der Waals surface area contributed by atoms with E-state index in [9.17, 15) is 0 Å². The van der Waals surface area contributed by atoms with Gasteiger partial charge >= 0.3 is 0 Å². The van der Waals surface area contributed by atoms with Crippen molar-refractivity contribution in [1.29, 1.82) is 0 Å². The van der Waals surface area contributed by atoms with E-state index in [2.05, 4.69) is 36.5 Å². The number of rotatable bonds is 6. The van der Waals surface area contributed by atoms with Crippen molar-refractivity contribution < 1.29 is 0 Å². The Kier molecular flexibility index (Phi) is 3.98. The molecule has 0 spiro atoms. The summed E-state index contributed by atoms with van der Waals surface area (Å²) in [7, 11) is 0. The SMILES string of the molecule is CC(C)CC(C)NC(c1nccs1)C1CC1. The Morgan fingerprint density at radius 1 is 1.44 bits per heavy atom. The molecule has 3 heteroatoms. The molecule has 2 atom stereocenters. The molecule has 1 aliphatic carbocycles. The second-order valence-electron chi connectivity index (χ2n) is 5.38. The normalized spacial score (nSPS) is 20.0. The maximum absolute atomic E-state index is 4.47. The standard InChI is InChI=1S/C13H22N2S/c1-9(2)8-10(3)15-12(11-4-5-11)13-14-6-7-16-13/h6-7,9-12,15H,4-5,8H2,1-3H3. The lowest BCUT2D eigenvalue weighted by atomic mass is 10.0. The predicted molar refractivity (Wildman–Crippen MR) is 69.6 cm³/mol. The topological polar surface area (TPSA) is 24.9 Å². The minimum absolute atomic E-state index is 0.508. The number of aromatic nitrogens is 1. The second kappa shape index (κ2) is 5.28. The fraction of sp³-hybridized carbons (Fsp3) is 0.769. The van der Waals surface area contributed by atoms with E-state index in [0.717, 1.165) is 11.8 Å². The number of nitrogens with one attached hydrogen (secondary N) is 1. The van der Waals surface area contributed by atoms with Gasteiger partial charge in [-0.25, -0.2) is 4.98 Å². The van der Waals surface area contributed by atoms with Gasteiger partial charge < -0.3 is 5.32 Å². The van der Waals surface area contributed by atoms with Crippen molar-refractivity contribution in [3.63, 3.8) is 0 Å². The minimum atomic E-state index is 0.508. The maximum Gasteiger partial charge on any atom is 0.110 e. The van der Waals surface area contributed by atoms with Crippen LogP contribution in [0.4, 0.5) is 0 Å². The highest BCUT2D eigenvalue weighted by molar-refractivity contribution is 7.09. The third-order valence-electron chi connectivity index (χ3n) is 3.10. The Balaban J connectivity index is 1.93. The Morgan fingerprint density at radius 2 is 2.19 bits per heavy atom. The molecule has 0 bridgehead atoms. The lowest BCUT2D eigenvalue weighted by Crippen LogP contribution is -2.32. The quantitative estimate of drug-likeness (QED) is 0.819. The van der Waals surface area contributed by atoms with E-state index in [1.165, 1.54) is 24.3 Å². The molecule has 1 aliphatic rings. The van der Waals surface area contributed by atoms with E-state index in [0.29, 0.717) is 12.1 Å². The molecule has 90 valence electrons. The van der Waals surface area contributed by atoms with E-state index < -0.39 is 0 Å². The lowest BCUT2D eigenvalue weighted by Gasteiger charge is -2.22. The number of hydrogen-bond donors (Lipinski definition) is 1. The summed E-state index contributed by atoms with van der Waals surface area (Å²) in [6.45, 7) is 6.87. The Labute approximate surface area is 102 Å². The lowest BCUT2D eigenvalue weighted by molar-refractivity contribution is 0.371. The minimum Gasteiger partial charge on any atom is -0.305 e. The van der Waals surface area contributed by atoms with Crippen molar-refractivity contribution in [2.75, 3.05) is 0 Å². The van der Waals surface area contributed by atoms with Gasteiger partial charge in [-0.1, -0.05) is 13.8 Å². The van der Waals surface area contributed by atoms with Crippen LogP contribution >= 0.6 is 11.3 Å². The van der Waals surface area contributed by atoms with Crippen LogP contribution in [0.5, 0.6) is 0 Å². The molecule has 1 heterocycles. The first-order chi connectivity index (χ1) is 7.66. The molecule has 2 nitrogen and oxygen atoms in total. The third kappa shape index (κ3) is 3.29. The summed E-state index contributed by atoms with van der Waals surface area (Å²) in [5.41, 5.74) is 0. The molecular formula is C13H22N2S. The highest BCUT2D eigenvalue weighted by Gasteiger charge is 2.34. The second-order valence-corrected chi connectivity index (χ2v) is 6.31. The fourth-order valence-corrected chi connectivity index (χ4v) is 3.10. The van der Waals surface area contributed by atoms with Crippen molar-refractivity contribution in [3.8, 4) is 0 Å². The highest BCUT2D eigenvalue weighted by Crippen LogP contribution is 2.41. The van der Waals surface area contributed by atoms with Crippen LogP contribution in [0.25, 0.3) is 0 Å². The van der Waals surface area contributed by atoms with Gasteiger partial charge in [0.25, 0.3) is 0 Å². The summed E-state index contributed by atoms with van der Waals surface area (Å²) in [6.07, 6.45) is 5.90. The van der Waals surface area contributed by atoms with Crippen LogP contribution < -0.4 is 5.32 Å². The Hall–Kier alpha value is -0.410. The summed E-state index contributed by atoms with van der Waals surface area (Å²) in [4.78, 5) is 4.47. The summed E-state index contributed by atoms with van der Waals surface area (Å²) >= 11 is 1.79. The number of nitrogens with zero attached hydrogens (tertiary/aromatic N) is 1. The highest BCUT2D eigenvalue weighted by atomic mass is 32.1. The van der Waals surface area contributed by atoms with E-state index >= 15 is 0 Å². The van der Waals surface area contributed by atoms with Crippen molar-refractivity contribution in [2.45, 2.75) is 52.1 Å². The van der Waals surface area contributed by atoms with Crippen LogP contribution in [0.15, 0.2) is 11.6 Å². The Bertz CT molecular complexity index is 304. The average molecular weight is 238 g/mol. The van der Waals surface area contributed by atoms with Crippen LogP contribution in [0.1, 0.15) is 51.1 Å². The largest absolute Gasteiger partial charge is 0.305 e. The number of hydrogen-bond acceptors (Lipinski definition) is 3. The molecule has 0 aliphatic heterocycles. The first kappa shape index (κ1) is 12.1. The van der Waals surface area contributed by atoms with Gasteiger partial charge in [0, 0.05) is 17.6 Å². The molecule has 2 rings (SSSR count). The van der Waals surface area contributed by atoms with Gasteiger partial charge in [0.1, 0.15) is 5.01 Å². The third-order valence-corrected chi connectivity index (χ3v) is 3.96. The summed E-state index contributed by atoms with van der Waals surface area (Å²) < 4.78 is 0. The molecule has 2 unspecified atom stereocenters. The van der Waals surface area contributed by atoms with E-state index in [-0.39, 0.29) is 0 Å². The van der Waals surface area contributed by atoms with Gasteiger partial charge in [-0.2, -0.15) is 0 Å². The summed E-state index contributed by atoms with van der Waals surface area (Å²) in [6, 6.07) is 1.10. The number of thiazole rings is 1. The van der Waals surface area contributed by atoms with Crippen LogP contribution in [0, 0.1) is 11.8 Å². The fourth-order valence-electron chi connectivity index (χ4n) is 2.31. The summed E-state index contributed by atoms with van der Waals surface area (Å²) in [5.74, 6) is 1.60. The zero-order valence-corrected chi connectivity index (χ0v) is 11.3. The molecular weight excluding hydrogens is 216 g/mol. The van der Waals surface area contributed by atoms with Crippen LogP contribution in [0.3, 0.4) is 0 Å². The molecule has 1 aromatic heterocycles. The van der Waals surface area contributed by atoms with Crippen molar-refractivity contribution in [2.24, 2.45) is 11.8 Å². The molecule has 0 radical (unpaired) electrons. The van der Waals surface area contributed by atoms with Crippen molar-refractivity contribution >= 4 is 11.3 Å². The van der Waals surface area contributed by atoms with Crippen molar-refractivity contribution in [1.82, 2.24) is 10.3 Å². The van der Waals surface area contributed by atoms with Gasteiger partial charge in [-0.05, 0) is 38.0 Å². The molecule has 1 aromatic rings. The smallest absolute Gasteiger partial charge is 0.110 e. The Morgan fingerprint density at radius 3 is 2.69 bits per heavy atom. The van der Waals surface area contributed by atoms with Gasteiger partial charge in [0.2, 0.25) is 0 Å². The van der Waals surface area contributed by atoms with Gasteiger partial charge in [-0.15, -0.1) is 11.3 Å². The van der Waals surface area contributed by atoms with Crippen LogP contribution in [-0.2, 0) is 0 Å². The molecule has 0 saturated heterocycles. The molecule has 1 saturated carbocycles. The molecule has 1 N–H and O–H groups in total. The zero-order chi connectivity index (χ0) is 11.5. The van der Waals surface area contributed by atoms with E-state index in [1.54, 1.807) is 11.3 Å². The van der Waals surface area contributed by atoms with Gasteiger partial charge in [0.15, 0.2) is 0 Å². The van der Waals surface area contributed by atoms with Crippen LogP contribution in [0.2, 0.25) is 0 Å². The summed E-state index contributed by atoms with van der Waals surface area (Å²) in [5, 5.41) is 7.12.